The number of aromatic nitrogens is 5. The lowest BCUT2D eigenvalue weighted by Crippen LogP contribution is -2.22. The molecule has 0 fully saturated rings. The van der Waals surface area contributed by atoms with Gasteiger partial charge in [0.2, 0.25) is 0 Å². The summed E-state index contributed by atoms with van der Waals surface area (Å²) in [4.78, 5) is 27.1. The van der Waals surface area contributed by atoms with Gasteiger partial charge in [0.15, 0.2) is 23.1 Å². The Morgan fingerprint density at radius 1 is 1.00 bits per heavy atom. The SMILES string of the molecule is CCCc1cc2ccc(F)cc2c(=O)n1-c1ccc(F)c(F)c1.Nc1ncnc2nc[nH]c12. The minimum Gasteiger partial charge on any atom is -0.382 e. The van der Waals surface area contributed by atoms with Gasteiger partial charge in [0.1, 0.15) is 17.7 Å². The van der Waals surface area contributed by atoms with Gasteiger partial charge in [0, 0.05) is 11.8 Å². The Morgan fingerprint density at radius 2 is 1.82 bits per heavy atom. The Balaban J connectivity index is 0.000000214. The van der Waals surface area contributed by atoms with Crippen molar-refractivity contribution in [3.8, 4) is 5.69 Å². The highest BCUT2D eigenvalue weighted by atomic mass is 19.2. The van der Waals surface area contributed by atoms with E-state index in [1.165, 1.54) is 29.4 Å². The fourth-order valence-corrected chi connectivity index (χ4v) is 3.47. The zero-order valence-electron chi connectivity index (χ0n) is 17.5. The van der Waals surface area contributed by atoms with E-state index < -0.39 is 23.0 Å². The number of aromatic amines is 1. The van der Waals surface area contributed by atoms with E-state index in [1.807, 2.05) is 6.92 Å². The minimum atomic E-state index is -1.03. The van der Waals surface area contributed by atoms with Crippen molar-refractivity contribution in [2.24, 2.45) is 0 Å². The molecule has 3 heterocycles. The molecular weight excluding hydrogens is 433 g/mol. The maximum Gasteiger partial charge on any atom is 0.263 e. The summed E-state index contributed by atoms with van der Waals surface area (Å²) in [5.41, 5.74) is 7.23. The molecule has 3 N–H and O–H groups in total. The van der Waals surface area contributed by atoms with Gasteiger partial charge >= 0.3 is 0 Å². The molecule has 168 valence electrons. The van der Waals surface area contributed by atoms with Crippen LogP contribution in [0, 0.1) is 17.5 Å². The molecule has 0 saturated heterocycles. The number of benzene rings is 2. The number of nitrogens with zero attached hydrogens (tertiary/aromatic N) is 4. The first-order valence-electron chi connectivity index (χ1n) is 10.1. The van der Waals surface area contributed by atoms with Crippen LogP contribution < -0.4 is 11.3 Å². The molecule has 0 aliphatic carbocycles. The number of rotatable bonds is 3. The number of hydrogen-bond acceptors (Lipinski definition) is 5. The van der Waals surface area contributed by atoms with E-state index in [-0.39, 0.29) is 11.1 Å². The Labute approximate surface area is 185 Å². The second-order valence-electron chi connectivity index (χ2n) is 7.22. The van der Waals surface area contributed by atoms with Crippen LogP contribution in [0.5, 0.6) is 0 Å². The highest BCUT2D eigenvalue weighted by Gasteiger charge is 2.13. The average Bonchev–Trinajstić information content (AvgIpc) is 3.28. The molecule has 5 rings (SSSR count). The molecule has 5 aromatic rings. The number of imidazole rings is 1. The normalized spacial score (nSPS) is 10.9. The highest BCUT2D eigenvalue weighted by molar-refractivity contribution is 5.82. The predicted molar refractivity (Wildman–Crippen MR) is 120 cm³/mol. The van der Waals surface area contributed by atoms with Gasteiger partial charge in [0.25, 0.3) is 5.56 Å². The number of pyridine rings is 1. The minimum absolute atomic E-state index is 0.203. The van der Waals surface area contributed by atoms with Gasteiger partial charge in [-0.25, -0.2) is 28.1 Å². The number of nitrogen functional groups attached to an aromatic ring is 1. The van der Waals surface area contributed by atoms with E-state index in [0.29, 0.717) is 34.5 Å². The quantitative estimate of drug-likeness (QED) is 0.425. The van der Waals surface area contributed by atoms with Gasteiger partial charge in [-0.15, -0.1) is 0 Å². The molecule has 0 amide bonds. The average molecular weight is 452 g/mol. The van der Waals surface area contributed by atoms with Gasteiger partial charge in [-0.05, 0) is 42.1 Å². The molecule has 0 spiro atoms. The first-order valence-corrected chi connectivity index (χ1v) is 10.1. The van der Waals surface area contributed by atoms with Crippen molar-refractivity contribution >= 4 is 27.8 Å². The number of hydrogen-bond donors (Lipinski definition) is 2. The summed E-state index contributed by atoms with van der Waals surface area (Å²) in [6.07, 6.45) is 4.28. The number of fused-ring (bicyclic) bond motifs is 2. The molecule has 3 aromatic heterocycles. The summed E-state index contributed by atoms with van der Waals surface area (Å²) < 4.78 is 41.5. The largest absolute Gasteiger partial charge is 0.382 e. The Hall–Kier alpha value is -4.21. The summed E-state index contributed by atoms with van der Waals surface area (Å²) >= 11 is 0. The molecule has 0 aliphatic rings. The third-order valence-corrected chi connectivity index (χ3v) is 4.98. The maximum absolute atomic E-state index is 13.5. The monoisotopic (exact) mass is 452 g/mol. The zero-order chi connectivity index (χ0) is 23.5. The Bertz CT molecular complexity index is 1510. The molecule has 0 radical (unpaired) electrons. The third kappa shape index (κ3) is 4.40. The zero-order valence-corrected chi connectivity index (χ0v) is 17.5. The second kappa shape index (κ2) is 9.11. The number of nitrogens with two attached hydrogens (primary N) is 1. The van der Waals surface area contributed by atoms with Crippen LogP contribution in [0.25, 0.3) is 27.6 Å². The van der Waals surface area contributed by atoms with Gasteiger partial charge in [-0.2, -0.15) is 0 Å². The number of aryl methyl sites for hydroxylation is 1. The van der Waals surface area contributed by atoms with Crippen LogP contribution in [-0.4, -0.2) is 24.5 Å². The first-order chi connectivity index (χ1) is 15.9. The van der Waals surface area contributed by atoms with Crippen LogP contribution in [0.2, 0.25) is 0 Å². The van der Waals surface area contributed by atoms with Crippen molar-refractivity contribution in [3.63, 3.8) is 0 Å². The van der Waals surface area contributed by atoms with Gasteiger partial charge in [-0.1, -0.05) is 19.4 Å². The van der Waals surface area contributed by atoms with Gasteiger partial charge in [0.05, 0.1) is 17.4 Å². The Kier molecular flexibility index (Phi) is 6.07. The number of halogens is 3. The van der Waals surface area contributed by atoms with Gasteiger partial charge < -0.3 is 10.7 Å². The standard InChI is InChI=1S/C18H14F3NO.C5H5N5/c1-2-3-13-8-11-4-5-12(19)9-15(11)18(23)22(13)14-6-7-16(20)17(21)10-14;6-4-3-5(9-1-7-3)10-2-8-4/h4-10H,2-3H2,1H3;1-2H,(H3,6,7,8,9,10). The summed E-state index contributed by atoms with van der Waals surface area (Å²) in [7, 11) is 0. The lowest BCUT2D eigenvalue weighted by molar-refractivity contribution is 0.507. The molecular formula is C23H19F3N6O. The van der Waals surface area contributed by atoms with Crippen molar-refractivity contribution in [1.82, 2.24) is 24.5 Å². The summed E-state index contributed by atoms with van der Waals surface area (Å²) in [5.74, 6) is -2.10. The van der Waals surface area contributed by atoms with Crippen LogP contribution in [0.3, 0.4) is 0 Å². The fourth-order valence-electron chi connectivity index (χ4n) is 3.47. The highest BCUT2D eigenvalue weighted by Crippen LogP contribution is 2.20. The number of anilines is 1. The number of H-pyrrole nitrogens is 1. The van der Waals surface area contributed by atoms with Crippen molar-refractivity contribution in [2.75, 3.05) is 5.73 Å². The smallest absolute Gasteiger partial charge is 0.263 e. The third-order valence-electron chi connectivity index (χ3n) is 4.98. The van der Waals surface area contributed by atoms with E-state index in [9.17, 15) is 18.0 Å². The van der Waals surface area contributed by atoms with E-state index in [0.717, 1.165) is 24.6 Å². The predicted octanol–water partition coefficient (Wildman–Crippen LogP) is 4.30. The molecule has 0 aliphatic heterocycles. The van der Waals surface area contributed by atoms with Crippen LogP contribution >= 0.6 is 0 Å². The topological polar surface area (TPSA) is 102 Å². The first kappa shape index (κ1) is 22.0. The number of nitrogens with one attached hydrogen (secondary N) is 1. The van der Waals surface area contributed by atoms with E-state index in [4.69, 9.17) is 5.73 Å². The van der Waals surface area contributed by atoms with Crippen LogP contribution in [0.1, 0.15) is 19.0 Å². The lowest BCUT2D eigenvalue weighted by atomic mass is 10.1. The van der Waals surface area contributed by atoms with Crippen molar-refractivity contribution in [2.45, 2.75) is 19.8 Å². The molecule has 0 bridgehead atoms. The molecule has 10 heteroatoms. The van der Waals surface area contributed by atoms with E-state index in [2.05, 4.69) is 19.9 Å². The van der Waals surface area contributed by atoms with Crippen molar-refractivity contribution in [1.29, 1.82) is 0 Å². The van der Waals surface area contributed by atoms with Crippen molar-refractivity contribution in [3.05, 3.63) is 88.6 Å². The van der Waals surface area contributed by atoms with Crippen LogP contribution in [0.15, 0.2) is 59.9 Å². The van der Waals surface area contributed by atoms with Crippen LogP contribution in [-0.2, 0) is 6.42 Å². The summed E-state index contributed by atoms with van der Waals surface area (Å²) in [6, 6.07) is 9.05. The van der Waals surface area contributed by atoms with E-state index >= 15 is 0 Å². The summed E-state index contributed by atoms with van der Waals surface area (Å²) in [5, 5.41) is 0.827. The van der Waals surface area contributed by atoms with E-state index in [1.54, 1.807) is 12.1 Å². The second-order valence-corrected chi connectivity index (χ2v) is 7.22. The van der Waals surface area contributed by atoms with Crippen LogP contribution in [0.4, 0.5) is 19.0 Å². The molecule has 2 aromatic carbocycles. The molecule has 0 atom stereocenters. The maximum atomic E-state index is 13.5. The fraction of sp³-hybridized carbons (Fsp3) is 0.130. The Morgan fingerprint density at radius 3 is 2.55 bits per heavy atom. The van der Waals surface area contributed by atoms with Gasteiger partial charge in [-0.3, -0.25) is 9.36 Å². The lowest BCUT2D eigenvalue weighted by Gasteiger charge is -2.14. The van der Waals surface area contributed by atoms with Crippen molar-refractivity contribution < 1.29 is 13.2 Å². The summed E-state index contributed by atoms with van der Waals surface area (Å²) in [6.45, 7) is 1.95. The molecule has 33 heavy (non-hydrogen) atoms. The molecule has 0 unspecified atom stereocenters. The molecule has 7 nitrogen and oxygen atoms in total. The molecule has 0 saturated carbocycles.